The molecule has 1 unspecified atom stereocenters. The van der Waals surface area contributed by atoms with Gasteiger partial charge in [-0.2, -0.15) is 0 Å². The molecule has 2 heterocycles. The van der Waals surface area contributed by atoms with Gasteiger partial charge in [0.1, 0.15) is 5.75 Å². The van der Waals surface area contributed by atoms with Crippen molar-refractivity contribution in [3.8, 4) is 16.9 Å². The summed E-state index contributed by atoms with van der Waals surface area (Å²) in [5.74, 6) is 0.827. The lowest BCUT2D eigenvalue weighted by molar-refractivity contribution is 0.340. The number of nitrogens with one attached hydrogen (secondary N) is 1. The minimum atomic E-state index is 0.640. The Morgan fingerprint density at radius 3 is 2.96 bits per heavy atom. The molecule has 0 aliphatic carbocycles. The molecule has 1 saturated heterocycles. The molecule has 0 amide bonds. The summed E-state index contributed by atoms with van der Waals surface area (Å²) in [6.07, 6.45) is 2.35. The fourth-order valence-corrected chi connectivity index (χ4v) is 4.18. The van der Waals surface area contributed by atoms with Crippen LogP contribution < -0.4 is 15.0 Å². The van der Waals surface area contributed by atoms with Crippen LogP contribution in [0, 0.1) is 0 Å². The van der Waals surface area contributed by atoms with E-state index in [0.717, 1.165) is 42.4 Å². The molecule has 2 aromatic carbocycles. The lowest BCUT2D eigenvalue weighted by atomic mass is 10.0. The Morgan fingerprint density at radius 2 is 2.12 bits per heavy atom. The lowest BCUT2D eigenvalue weighted by Crippen LogP contribution is -2.32. The highest BCUT2D eigenvalue weighted by atomic mass is 35.5. The topological polar surface area (TPSA) is 24.5 Å². The van der Waals surface area contributed by atoms with Gasteiger partial charge < -0.3 is 15.0 Å². The van der Waals surface area contributed by atoms with Gasteiger partial charge in [-0.25, -0.2) is 0 Å². The molecule has 2 aliphatic rings. The molecular weight excluding hydrogens is 320 g/mol. The van der Waals surface area contributed by atoms with E-state index >= 15 is 0 Å². The molecule has 2 aromatic rings. The van der Waals surface area contributed by atoms with Crippen molar-refractivity contribution in [1.82, 2.24) is 5.32 Å². The van der Waals surface area contributed by atoms with E-state index in [1.807, 2.05) is 19.1 Å². The maximum absolute atomic E-state index is 6.50. The average Bonchev–Trinajstić information content (AvgIpc) is 2.75. The summed E-state index contributed by atoms with van der Waals surface area (Å²) in [6.45, 7) is 5.92. The van der Waals surface area contributed by atoms with Crippen LogP contribution in [0.15, 0.2) is 36.4 Å². The van der Waals surface area contributed by atoms with Gasteiger partial charge in [-0.3, -0.25) is 0 Å². The van der Waals surface area contributed by atoms with Crippen LogP contribution in [-0.4, -0.2) is 32.3 Å². The van der Waals surface area contributed by atoms with Gasteiger partial charge in [0, 0.05) is 30.4 Å². The average molecular weight is 343 g/mol. The summed E-state index contributed by atoms with van der Waals surface area (Å²) in [5.41, 5.74) is 5.11. The van der Waals surface area contributed by atoms with Gasteiger partial charge in [0.05, 0.1) is 11.6 Å². The third-order valence-corrected chi connectivity index (χ3v) is 5.34. The molecule has 0 radical (unpaired) electrons. The monoisotopic (exact) mass is 342 g/mol. The maximum Gasteiger partial charge on any atom is 0.120 e. The molecule has 0 saturated carbocycles. The van der Waals surface area contributed by atoms with E-state index in [1.54, 1.807) is 0 Å². The molecule has 1 atom stereocenters. The van der Waals surface area contributed by atoms with E-state index < -0.39 is 0 Å². The Kier molecular flexibility index (Phi) is 4.38. The molecule has 4 rings (SSSR count). The number of anilines is 1. The van der Waals surface area contributed by atoms with Crippen molar-refractivity contribution < 1.29 is 4.74 Å². The minimum absolute atomic E-state index is 0.640. The van der Waals surface area contributed by atoms with Crippen LogP contribution in [0.1, 0.15) is 18.9 Å². The summed E-state index contributed by atoms with van der Waals surface area (Å²) in [5, 5.41) is 4.24. The normalized spacial score (nSPS) is 19.6. The number of halogens is 1. The number of ether oxygens (including phenoxy) is 1. The first-order chi connectivity index (χ1) is 11.8. The van der Waals surface area contributed by atoms with Crippen LogP contribution in [0.5, 0.6) is 5.75 Å². The van der Waals surface area contributed by atoms with Gasteiger partial charge >= 0.3 is 0 Å². The van der Waals surface area contributed by atoms with Crippen LogP contribution in [-0.2, 0) is 6.42 Å². The summed E-state index contributed by atoms with van der Waals surface area (Å²) >= 11 is 6.50. The second kappa shape index (κ2) is 6.66. The Balaban J connectivity index is 1.65. The fraction of sp³-hybridized carbons (Fsp3) is 0.400. The largest absolute Gasteiger partial charge is 0.494 e. The van der Waals surface area contributed by atoms with Crippen LogP contribution in [0.2, 0.25) is 5.02 Å². The summed E-state index contributed by atoms with van der Waals surface area (Å²) in [7, 11) is 0. The predicted molar refractivity (Wildman–Crippen MR) is 100 cm³/mol. The summed E-state index contributed by atoms with van der Waals surface area (Å²) in [6, 6.07) is 13.4. The molecule has 126 valence electrons. The lowest BCUT2D eigenvalue weighted by Gasteiger charge is -2.24. The number of rotatable bonds is 3. The van der Waals surface area contributed by atoms with Crippen molar-refractivity contribution in [2.75, 3.05) is 31.1 Å². The molecule has 0 spiro atoms. The number of nitrogens with zero attached hydrogens (tertiary/aromatic N) is 1. The first-order valence-corrected chi connectivity index (χ1v) is 9.17. The molecule has 1 N–H and O–H groups in total. The second-order valence-electron chi connectivity index (χ2n) is 6.51. The molecular formula is C20H23ClN2O. The SMILES string of the molecule is CCOc1ccc(-c2ccc3c(c2)CC2CCNCCN32)c(Cl)c1. The van der Waals surface area contributed by atoms with Gasteiger partial charge in [-0.05, 0) is 67.8 Å². The van der Waals surface area contributed by atoms with E-state index in [9.17, 15) is 0 Å². The predicted octanol–water partition coefficient (Wildman–Crippen LogP) is 4.13. The highest BCUT2D eigenvalue weighted by Crippen LogP contribution is 2.38. The van der Waals surface area contributed by atoms with Crippen LogP contribution in [0.25, 0.3) is 11.1 Å². The standard InChI is InChI=1S/C20H23ClN2O/c1-2-24-17-4-5-18(19(21)13-17)14-3-6-20-15(11-14)12-16-7-8-22-9-10-23(16)20/h3-6,11,13,16,22H,2,7-10,12H2,1H3. The zero-order chi connectivity index (χ0) is 16.5. The van der Waals surface area contributed by atoms with Crippen molar-refractivity contribution in [3.63, 3.8) is 0 Å². The Bertz CT molecular complexity index is 746. The Labute approximate surface area is 148 Å². The van der Waals surface area contributed by atoms with E-state index in [4.69, 9.17) is 16.3 Å². The summed E-state index contributed by atoms with van der Waals surface area (Å²) < 4.78 is 5.53. The smallest absolute Gasteiger partial charge is 0.120 e. The summed E-state index contributed by atoms with van der Waals surface area (Å²) in [4.78, 5) is 2.57. The van der Waals surface area contributed by atoms with Gasteiger partial charge in [0.25, 0.3) is 0 Å². The van der Waals surface area contributed by atoms with Crippen molar-refractivity contribution in [2.24, 2.45) is 0 Å². The number of hydrogen-bond acceptors (Lipinski definition) is 3. The molecule has 1 fully saturated rings. The fourth-order valence-electron chi connectivity index (χ4n) is 3.90. The molecule has 4 heteroatoms. The molecule has 2 aliphatic heterocycles. The van der Waals surface area contributed by atoms with E-state index in [1.165, 1.54) is 23.2 Å². The first-order valence-electron chi connectivity index (χ1n) is 8.79. The first kappa shape index (κ1) is 15.8. The zero-order valence-corrected chi connectivity index (χ0v) is 14.8. The van der Waals surface area contributed by atoms with Gasteiger partial charge in [0.2, 0.25) is 0 Å². The van der Waals surface area contributed by atoms with Crippen LogP contribution >= 0.6 is 11.6 Å². The van der Waals surface area contributed by atoms with E-state index in [-0.39, 0.29) is 0 Å². The number of benzene rings is 2. The van der Waals surface area contributed by atoms with Gasteiger partial charge in [-0.15, -0.1) is 0 Å². The van der Waals surface area contributed by atoms with Gasteiger partial charge in [0.15, 0.2) is 0 Å². The molecule has 3 nitrogen and oxygen atoms in total. The van der Waals surface area contributed by atoms with Crippen LogP contribution in [0.4, 0.5) is 5.69 Å². The molecule has 24 heavy (non-hydrogen) atoms. The van der Waals surface area contributed by atoms with Crippen molar-refractivity contribution in [1.29, 1.82) is 0 Å². The zero-order valence-electron chi connectivity index (χ0n) is 14.0. The molecule has 0 aromatic heterocycles. The minimum Gasteiger partial charge on any atom is -0.494 e. The van der Waals surface area contributed by atoms with Crippen molar-refractivity contribution in [2.45, 2.75) is 25.8 Å². The third kappa shape index (κ3) is 2.87. The highest BCUT2D eigenvalue weighted by molar-refractivity contribution is 6.33. The van der Waals surface area contributed by atoms with Crippen molar-refractivity contribution >= 4 is 17.3 Å². The second-order valence-corrected chi connectivity index (χ2v) is 6.92. The number of hydrogen-bond donors (Lipinski definition) is 1. The van der Waals surface area contributed by atoms with E-state index in [0.29, 0.717) is 12.6 Å². The van der Waals surface area contributed by atoms with Crippen molar-refractivity contribution in [3.05, 3.63) is 47.0 Å². The quantitative estimate of drug-likeness (QED) is 0.907. The Hall–Kier alpha value is -1.71. The van der Waals surface area contributed by atoms with E-state index in [2.05, 4.69) is 34.5 Å². The maximum atomic E-state index is 6.50. The Morgan fingerprint density at radius 1 is 1.21 bits per heavy atom. The third-order valence-electron chi connectivity index (χ3n) is 5.03. The highest BCUT2D eigenvalue weighted by Gasteiger charge is 2.30. The number of fused-ring (bicyclic) bond motifs is 3. The van der Waals surface area contributed by atoms with Crippen LogP contribution in [0.3, 0.4) is 0 Å². The van der Waals surface area contributed by atoms with Gasteiger partial charge in [-0.1, -0.05) is 17.7 Å². The molecule has 0 bridgehead atoms.